The highest BCUT2D eigenvalue weighted by atomic mass is 19.1. The number of nitrogens with zero attached hydrogens (tertiary/aromatic N) is 2. The van der Waals surface area contributed by atoms with E-state index < -0.39 is 0 Å². The molecule has 150 valence electrons. The van der Waals surface area contributed by atoms with Gasteiger partial charge in [-0.1, -0.05) is 0 Å². The third-order valence-corrected chi connectivity index (χ3v) is 4.81. The summed E-state index contributed by atoms with van der Waals surface area (Å²) in [5.74, 6) is 0.268. The molecule has 0 atom stereocenters. The van der Waals surface area contributed by atoms with Gasteiger partial charge in [0.1, 0.15) is 17.3 Å². The van der Waals surface area contributed by atoms with Gasteiger partial charge in [0, 0.05) is 31.4 Å². The number of halogens is 1. The van der Waals surface area contributed by atoms with Gasteiger partial charge in [0.2, 0.25) is 0 Å². The topological polar surface area (TPSA) is 65.6 Å². The molecule has 1 aliphatic heterocycles. The van der Waals surface area contributed by atoms with Crippen LogP contribution in [0.5, 0.6) is 5.75 Å². The van der Waals surface area contributed by atoms with Crippen LogP contribution in [0.4, 0.5) is 4.39 Å². The molecule has 1 aliphatic rings. The van der Waals surface area contributed by atoms with Gasteiger partial charge in [0.25, 0.3) is 5.91 Å². The smallest absolute Gasteiger partial charge is 0.270 e. The van der Waals surface area contributed by atoms with Crippen LogP contribution in [-0.2, 0) is 0 Å². The van der Waals surface area contributed by atoms with E-state index in [1.54, 1.807) is 24.4 Å². The molecule has 1 amide bonds. The summed E-state index contributed by atoms with van der Waals surface area (Å²) >= 11 is 0. The number of aromatic nitrogens is 1. The lowest BCUT2D eigenvalue weighted by Gasteiger charge is -2.15. The molecule has 1 saturated heterocycles. The molecule has 3 rings (SSSR count). The highest BCUT2D eigenvalue weighted by molar-refractivity contribution is 6.01. The standard InChI is InChI=1S/C21H26FN3O3/c1-24(9-4-12-28-18-7-5-17(22)6-8-18)15-20(26)16-13-19(23-14-16)21(27)25-10-2-3-11-25/h5-8,13-14,23H,2-4,9-12,15H2,1H3. The second kappa shape index (κ2) is 9.50. The lowest BCUT2D eigenvalue weighted by atomic mass is 10.2. The third-order valence-electron chi connectivity index (χ3n) is 4.81. The molecule has 1 aromatic carbocycles. The van der Waals surface area contributed by atoms with E-state index >= 15 is 0 Å². The van der Waals surface area contributed by atoms with E-state index in [1.165, 1.54) is 12.1 Å². The Morgan fingerprint density at radius 2 is 1.93 bits per heavy atom. The van der Waals surface area contributed by atoms with Crippen molar-refractivity contribution < 1.29 is 18.7 Å². The van der Waals surface area contributed by atoms with E-state index in [0.717, 1.165) is 32.4 Å². The Hall–Kier alpha value is -2.67. The zero-order valence-corrected chi connectivity index (χ0v) is 16.1. The van der Waals surface area contributed by atoms with Crippen LogP contribution in [0.3, 0.4) is 0 Å². The number of benzene rings is 1. The normalized spacial score (nSPS) is 13.9. The van der Waals surface area contributed by atoms with Gasteiger partial charge < -0.3 is 14.6 Å². The predicted octanol–water partition coefficient (Wildman–Crippen LogP) is 2.97. The number of carbonyl (C=O) groups excluding carboxylic acids is 2. The van der Waals surface area contributed by atoms with E-state index in [0.29, 0.717) is 30.2 Å². The fraction of sp³-hybridized carbons (Fsp3) is 0.429. The maximum atomic E-state index is 12.8. The average molecular weight is 387 g/mol. The Morgan fingerprint density at radius 1 is 1.21 bits per heavy atom. The monoisotopic (exact) mass is 387 g/mol. The lowest BCUT2D eigenvalue weighted by Crippen LogP contribution is -2.28. The Labute approximate surface area is 164 Å². The van der Waals surface area contributed by atoms with Crippen molar-refractivity contribution in [2.45, 2.75) is 19.3 Å². The number of ketones is 1. The third kappa shape index (κ3) is 5.42. The van der Waals surface area contributed by atoms with Gasteiger partial charge >= 0.3 is 0 Å². The molecule has 0 bridgehead atoms. The second-order valence-corrected chi connectivity index (χ2v) is 7.12. The number of carbonyl (C=O) groups is 2. The fourth-order valence-corrected chi connectivity index (χ4v) is 3.24. The summed E-state index contributed by atoms with van der Waals surface area (Å²) in [6, 6.07) is 7.55. The minimum absolute atomic E-state index is 0.0290. The molecular formula is C21H26FN3O3. The number of hydrogen-bond acceptors (Lipinski definition) is 4. The van der Waals surface area contributed by atoms with Crippen molar-refractivity contribution >= 4 is 11.7 Å². The van der Waals surface area contributed by atoms with Crippen LogP contribution >= 0.6 is 0 Å². The zero-order chi connectivity index (χ0) is 19.9. The predicted molar refractivity (Wildman–Crippen MR) is 104 cm³/mol. The molecule has 2 aromatic rings. The maximum absolute atomic E-state index is 12.8. The van der Waals surface area contributed by atoms with Gasteiger partial charge in [0.15, 0.2) is 5.78 Å². The minimum atomic E-state index is -0.291. The first-order valence-corrected chi connectivity index (χ1v) is 9.61. The molecule has 7 heteroatoms. The van der Waals surface area contributed by atoms with Gasteiger partial charge in [-0.15, -0.1) is 0 Å². The Balaban J connectivity index is 1.40. The summed E-state index contributed by atoms with van der Waals surface area (Å²) in [6.45, 7) is 3.01. The molecule has 0 spiro atoms. The fourth-order valence-electron chi connectivity index (χ4n) is 3.24. The second-order valence-electron chi connectivity index (χ2n) is 7.12. The molecular weight excluding hydrogens is 361 g/mol. The van der Waals surface area contributed by atoms with Gasteiger partial charge in [-0.25, -0.2) is 4.39 Å². The van der Waals surface area contributed by atoms with Crippen molar-refractivity contribution in [2.24, 2.45) is 0 Å². The summed E-state index contributed by atoms with van der Waals surface area (Å²) in [5, 5.41) is 0. The lowest BCUT2D eigenvalue weighted by molar-refractivity contribution is 0.0787. The maximum Gasteiger partial charge on any atom is 0.270 e. The Kier molecular flexibility index (Phi) is 6.81. The van der Waals surface area contributed by atoms with Crippen molar-refractivity contribution in [1.29, 1.82) is 0 Å². The number of rotatable bonds is 9. The molecule has 1 aromatic heterocycles. The van der Waals surface area contributed by atoms with Gasteiger partial charge in [-0.2, -0.15) is 0 Å². The minimum Gasteiger partial charge on any atom is -0.494 e. The summed E-state index contributed by atoms with van der Waals surface area (Å²) in [7, 11) is 1.87. The SMILES string of the molecule is CN(CCCOc1ccc(F)cc1)CC(=O)c1c[nH]c(C(=O)N2CCCC2)c1. The Bertz CT molecular complexity index is 797. The van der Waals surface area contributed by atoms with E-state index in [9.17, 15) is 14.0 Å². The molecule has 0 unspecified atom stereocenters. The van der Waals surface area contributed by atoms with Crippen LogP contribution in [0, 0.1) is 5.82 Å². The van der Waals surface area contributed by atoms with Crippen LogP contribution in [0.2, 0.25) is 0 Å². The van der Waals surface area contributed by atoms with Crippen LogP contribution in [-0.4, -0.2) is 66.3 Å². The van der Waals surface area contributed by atoms with Crippen molar-refractivity contribution in [3.63, 3.8) is 0 Å². The zero-order valence-electron chi connectivity index (χ0n) is 16.1. The van der Waals surface area contributed by atoms with Crippen LogP contribution in [0.1, 0.15) is 40.1 Å². The van der Waals surface area contributed by atoms with E-state index in [4.69, 9.17) is 4.74 Å². The molecule has 1 N–H and O–H groups in total. The van der Waals surface area contributed by atoms with Gasteiger partial charge in [-0.05, 0) is 56.6 Å². The highest BCUT2D eigenvalue weighted by Crippen LogP contribution is 2.14. The van der Waals surface area contributed by atoms with Gasteiger partial charge in [0.05, 0.1) is 13.2 Å². The van der Waals surface area contributed by atoms with Crippen LogP contribution in [0.15, 0.2) is 36.5 Å². The molecule has 0 radical (unpaired) electrons. The molecule has 28 heavy (non-hydrogen) atoms. The van der Waals surface area contributed by atoms with Gasteiger partial charge in [-0.3, -0.25) is 14.5 Å². The first kappa shape index (κ1) is 20.1. The van der Waals surface area contributed by atoms with Crippen molar-refractivity contribution in [3.05, 3.63) is 53.6 Å². The molecule has 6 nitrogen and oxygen atoms in total. The van der Waals surface area contributed by atoms with E-state index in [1.807, 2.05) is 16.8 Å². The average Bonchev–Trinajstić information content (AvgIpc) is 3.38. The quantitative estimate of drug-likeness (QED) is 0.531. The van der Waals surface area contributed by atoms with Crippen molar-refractivity contribution in [1.82, 2.24) is 14.8 Å². The number of ether oxygens (including phenoxy) is 1. The highest BCUT2D eigenvalue weighted by Gasteiger charge is 2.22. The molecule has 0 aliphatic carbocycles. The number of nitrogens with one attached hydrogen (secondary N) is 1. The first-order valence-electron chi connectivity index (χ1n) is 9.61. The first-order chi connectivity index (χ1) is 13.5. The van der Waals surface area contributed by atoms with Crippen LogP contribution < -0.4 is 4.74 Å². The number of Topliss-reactive ketones (excluding diaryl/α,β-unsaturated/α-hetero) is 1. The Morgan fingerprint density at radius 3 is 2.64 bits per heavy atom. The summed E-state index contributed by atoms with van der Waals surface area (Å²) in [4.78, 5) is 31.5. The molecule has 1 fully saturated rings. The summed E-state index contributed by atoms with van der Waals surface area (Å²) < 4.78 is 18.4. The summed E-state index contributed by atoms with van der Waals surface area (Å²) in [5.41, 5.74) is 0.998. The van der Waals surface area contributed by atoms with Crippen molar-refractivity contribution in [3.8, 4) is 5.75 Å². The largest absolute Gasteiger partial charge is 0.494 e. The van der Waals surface area contributed by atoms with Crippen molar-refractivity contribution in [2.75, 3.05) is 39.8 Å². The van der Waals surface area contributed by atoms with Crippen LogP contribution in [0.25, 0.3) is 0 Å². The van der Waals surface area contributed by atoms with E-state index in [-0.39, 0.29) is 24.1 Å². The number of amides is 1. The number of likely N-dealkylation sites (N-methyl/N-ethyl adjacent to an activating group) is 1. The van der Waals surface area contributed by atoms with E-state index in [2.05, 4.69) is 4.98 Å². The summed E-state index contributed by atoms with van der Waals surface area (Å²) in [6.07, 6.45) is 4.42. The number of aromatic amines is 1. The number of H-pyrrole nitrogens is 1. The number of likely N-dealkylation sites (tertiary alicyclic amines) is 1. The molecule has 0 saturated carbocycles. The number of hydrogen-bond donors (Lipinski definition) is 1. The molecule has 2 heterocycles.